The number of fused-ring (bicyclic) bond motifs is 1. The average molecular weight is 234 g/mol. The van der Waals surface area contributed by atoms with Gasteiger partial charge in [0.15, 0.2) is 0 Å². The number of hydrogen-bond donors (Lipinski definition) is 0. The number of allylic oxidation sites excluding steroid dienone is 1. The Balaban J connectivity index is 1.94. The molecule has 1 unspecified atom stereocenters. The molecule has 0 spiro atoms. The van der Waals surface area contributed by atoms with Crippen LogP contribution in [0.3, 0.4) is 0 Å². The van der Waals surface area contributed by atoms with Crippen molar-refractivity contribution < 1.29 is 0 Å². The molecule has 0 saturated carbocycles. The summed E-state index contributed by atoms with van der Waals surface area (Å²) in [5, 5.41) is 0. The van der Waals surface area contributed by atoms with Gasteiger partial charge < -0.3 is 4.90 Å². The van der Waals surface area contributed by atoms with Crippen molar-refractivity contribution in [3.63, 3.8) is 0 Å². The largest absolute Gasteiger partial charge is 0.356 e. The maximum absolute atomic E-state index is 4.61. The van der Waals surface area contributed by atoms with Crippen LogP contribution in [0.1, 0.15) is 58.8 Å². The van der Waals surface area contributed by atoms with Gasteiger partial charge >= 0.3 is 0 Å². The van der Waals surface area contributed by atoms with Crippen LogP contribution in [0.4, 0.5) is 0 Å². The molecular weight excluding hydrogens is 208 g/mol. The topological polar surface area (TPSA) is 15.6 Å². The first-order valence-electron chi connectivity index (χ1n) is 7.13. The van der Waals surface area contributed by atoms with Crippen LogP contribution in [0.5, 0.6) is 0 Å². The van der Waals surface area contributed by atoms with Crippen molar-refractivity contribution in [3.05, 3.63) is 12.3 Å². The molecule has 1 fully saturated rings. The highest BCUT2D eigenvalue weighted by atomic mass is 15.2. The first-order valence-corrected chi connectivity index (χ1v) is 7.13. The van der Waals surface area contributed by atoms with E-state index >= 15 is 0 Å². The normalized spacial score (nSPS) is 29.5. The molecule has 17 heavy (non-hydrogen) atoms. The van der Waals surface area contributed by atoms with Gasteiger partial charge in [0.1, 0.15) is 6.17 Å². The molecule has 2 rings (SSSR count). The Bertz CT molecular complexity index is 263. The quantitative estimate of drug-likeness (QED) is 0.619. The van der Waals surface area contributed by atoms with Crippen molar-refractivity contribution in [2.75, 3.05) is 6.54 Å². The molecule has 0 radical (unpaired) electrons. The van der Waals surface area contributed by atoms with E-state index in [9.17, 15) is 0 Å². The van der Waals surface area contributed by atoms with E-state index in [4.69, 9.17) is 0 Å². The molecule has 96 valence electrons. The van der Waals surface area contributed by atoms with Crippen LogP contribution in [0.2, 0.25) is 0 Å². The van der Waals surface area contributed by atoms with Crippen molar-refractivity contribution in [2.24, 2.45) is 10.4 Å². The minimum Gasteiger partial charge on any atom is -0.356 e. The van der Waals surface area contributed by atoms with Gasteiger partial charge in [0, 0.05) is 19.0 Å². The summed E-state index contributed by atoms with van der Waals surface area (Å²) in [5.41, 5.74) is 0.546. The van der Waals surface area contributed by atoms with Gasteiger partial charge in [0.2, 0.25) is 0 Å². The van der Waals surface area contributed by atoms with E-state index < -0.39 is 0 Å². The zero-order chi connectivity index (χ0) is 12.1. The summed E-state index contributed by atoms with van der Waals surface area (Å²) >= 11 is 0. The molecule has 1 atom stereocenters. The molecule has 0 aromatic heterocycles. The van der Waals surface area contributed by atoms with Crippen LogP contribution in [-0.2, 0) is 0 Å². The Kier molecular flexibility index (Phi) is 4.25. The predicted octanol–water partition coefficient (Wildman–Crippen LogP) is 3.98. The van der Waals surface area contributed by atoms with Crippen molar-refractivity contribution in [1.82, 2.24) is 4.90 Å². The van der Waals surface area contributed by atoms with Gasteiger partial charge in [-0.05, 0) is 43.6 Å². The minimum atomic E-state index is 0.418. The fraction of sp³-hybridized carbons (Fsp3) is 0.800. The third kappa shape index (κ3) is 3.86. The van der Waals surface area contributed by atoms with Gasteiger partial charge in [-0.1, -0.05) is 26.7 Å². The summed E-state index contributed by atoms with van der Waals surface area (Å²) in [5.74, 6) is 0. The lowest BCUT2D eigenvalue weighted by molar-refractivity contribution is 0.258. The molecule has 1 saturated heterocycles. The lowest BCUT2D eigenvalue weighted by atomic mass is 9.82. The third-order valence-electron chi connectivity index (χ3n) is 4.09. The molecule has 2 heteroatoms. The smallest absolute Gasteiger partial charge is 0.120 e. The summed E-state index contributed by atoms with van der Waals surface area (Å²) in [6, 6.07) is 0. The average Bonchev–Trinajstić information content (AvgIpc) is 2.34. The van der Waals surface area contributed by atoms with Gasteiger partial charge in [0.05, 0.1) is 0 Å². The fourth-order valence-electron chi connectivity index (χ4n) is 2.90. The number of rotatable bonds is 0. The number of aliphatic imine (C=N–C) groups is 1. The van der Waals surface area contributed by atoms with Gasteiger partial charge in [-0.2, -0.15) is 0 Å². The standard InChI is InChI=1S/C15H26N2/c1-15(2)9-4-3-8-14-16-11-7-13-17(14)12-6-5-10-15/h7,11,13-14H,3-6,8-10,12H2,1-2H3. The van der Waals surface area contributed by atoms with E-state index in [1.807, 2.05) is 6.21 Å². The molecule has 2 aliphatic rings. The Morgan fingerprint density at radius 3 is 2.71 bits per heavy atom. The van der Waals surface area contributed by atoms with E-state index in [0.29, 0.717) is 11.6 Å². The van der Waals surface area contributed by atoms with Crippen LogP contribution in [0.25, 0.3) is 0 Å². The molecule has 0 aliphatic carbocycles. The molecule has 0 amide bonds. The maximum Gasteiger partial charge on any atom is 0.120 e. The highest BCUT2D eigenvalue weighted by molar-refractivity contribution is 5.71. The fourth-order valence-corrected chi connectivity index (χ4v) is 2.90. The Labute approximate surface area is 106 Å². The van der Waals surface area contributed by atoms with E-state index in [1.165, 1.54) is 51.5 Å². The maximum atomic E-state index is 4.61. The third-order valence-corrected chi connectivity index (χ3v) is 4.09. The monoisotopic (exact) mass is 234 g/mol. The second-order valence-corrected chi connectivity index (χ2v) is 6.23. The summed E-state index contributed by atoms with van der Waals surface area (Å²) in [6.07, 6.45) is 16.0. The lowest BCUT2D eigenvalue weighted by Crippen LogP contribution is -2.31. The van der Waals surface area contributed by atoms with Crippen molar-refractivity contribution in [2.45, 2.75) is 65.0 Å². The molecule has 2 aliphatic heterocycles. The van der Waals surface area contributed by atoms with Gasteiger partial charge in [0.25, 0.3) is 0 Å². The van der Waals surface area contributed by atoms with E-state index in [1.54, 1.807) is 0 Å². The van der Waals surface area contributed by atoms with E-state index in [0.717, 1.165) is 0 Å². The minimum absolute atomic E-state index is 0.418. The van der Waals surface area contributed by atoms with Crippen LogP contribution >= 0.6 is 0 Å². The molecule has 0 aromatic rings. The Morgan fingerprint density at radius 2 is 1.88 bits per heavy atom. The second kappa shape index (κ2) is 5.70. The van der Waals surface area contributed by atoms with E-state index in [2.05, 4.69) is 36.0 Å². The van der Waals surface area contributed by atoms with Crippen molar-refractivity contribution in [1.29, 1.82) is 0 Å². The zero-order valence-electron chi connectivity index (χ0n) is 11.4. The van der Waals surface area contributed by atoms with Crippen molar-refractivity contribution in [3.8, 4) is 0 Å². The summed E-state index contributed by atoms with van der Waals surface area (Å²) in [6.45, 7) is 6.03. The van der Waals surface area contributed by atoms with Gasteiger partial charge in [-0.25, -0.2) is 0 Å². The van der Waals surface area contributed by atoms with Crippen LogP contribution in [-0.4, -0.2) is 23.8 Å². The summed E-state index contributed by atoms with van der Waals surface area (Å²) < 4.78 is 0. The summed E-state index contributed by atoms with van der Waals surface area (Å²) in [4.78, 5) is 7.04. The highest BCUT2D eigenvalue weighted by Crippen LogP contribution is 2.31. The molecule has 0 N–H and O–H groups in total. The molecule has 0 bridgehead atoms. The zero-order valence-corrected chi connectivity index (χ0v) is 11.4. The SMILES string of the molecule is CC1(C)CCCCC2N=CC=CN2CCCC1. The molecular formula is C15H26N2. The summed E-state index contributed by atoms with van der Waals surface area (Å²) in [7, 11) is 0. The predicted molar refractivity (Wildman–Crippen MR) is 74.2 cm³/mol. The molecule has 2 heterocycles. The van der Waals surface area contributed by atoms with Crippen molar-refractivity contribution >= 4 is 6.21 Å². The Morgan fingerprint density at radius 1 is 1.12 bits per heavy atom. The van der Waals surface area contributed by atoms with E-state index in [-0.39, 0.29) is 0 Å². The van der Waals surface area contributed by atoms with Gasteiger partial charge in [-0.3, -0.25) is 4.99 Å². The van der Waals surface area contributed by atoms with Crippen LogP contribution in [0.15, 0.2) is 17.3 Å². The number of hydrogen-bond acceptors (Lipinski definition) is 2. The van der Waals surface area contributed by atoms with Crippen LogP contribution in [0, 0.1) is 5.41 Å². The first kappa shape index (κ1) is 12.7. The Hall–Kier alpha value is -0.790. The number of nitrogens with zero attached hydrogens (tertiary/aromatic N) is 2. The molecule has 2 nitrogen and oxygen atoms in total. The van der Waals surface area contributed by atoms with Gasteiger partial charge in [-0.15, -0.1) is 0 Å². The second-order valence-electron chi connectivity index (χ2n) is 6.23. The first-order chi connectivity index (χ1) is 8.17. The van der Waals surface area contributed by atoms with Crippen LogP contribution < -0.4 is 0 Å². The lowest BCUT2D eigenvalue weighted by Gasteiger charge is -2.29. The molecule has 0 aromatic carbocycles. The highest BCUT2D eigenvalue weighted by Gasteiger charge is 2.20.